The summed E-state index contributed by atoms with van der Waals surface area (Å²) in [5.74, 6) is 0. The van der Waals surface area contributed by atoms with Crippen LogP contribution in [0.3, 0.4) is 0 Å². The summed E-state index contributed by atoms with van der Waals surface area (Å²) in [4.78, 5) is 1.80. The van der Waals surface area contributed by atoms with Crippen LogP contribution in [0.1, 0.15) is 34.9 Å². The second-order valence-corrected chi connectivity index (χ2v) is 5.85. The Bertz CT molecular complexity index is 647. The van der Waals surface area contributed by atoms with Crippen LogP contribution in [0.2, 0.25) is 0 Å². The summed E-state index contributed by atoms with van der Waals surface area (Å²) >= 11 is 1.52. The summed E-state index contributed by atoms with van der Waals surface area (Å²) in [6, 6.07) is 8.63. The molecule has 19 heavy (non-hydrogen) atoms. The number of rotatable bonds is 3. The Morgan fingerprint density at radius 3 is 2.68 bits per heavy atom. The zero-order valence-electron chi connectivity index (χ0n) is 11.6. The number of nitrogens with zero attached hydrogens (tertiary/aromatic N) is 1. The SMILES string of the molecule is CCCc1c(-c2cc(C)ccc2C)sc(C#N)c1N. The molecule has 0 fully saturated rings. The van der Waals surface area contributed by atoms with E-state index in [1.165, 1.54) is 28.0 Å². The van der Waals surface area contributed by atoms with E-state index < -0.39 is 0 Å². The molecule has 0 atom stereocenters. The first kappa shape index (κ1) is 13.6. The molecule has 0 amide bonds. The van der Waals surface area contributed by atoms with Gasteiger partial charge in [0.05, 0.1) is 5.69 Å². The minimum atomic E-state index is 0.638. The number of nitriles is 1. The van der Waals surface area contributed by atoms with Gasteiger partial charge in [0, 0.05) is 4.88 Å². The topological polar surface area (TPSA) is 49.8 Å². The molecule has 1 aromatic carbocycles. The van der Waals surface area contributed by atoms with Crippen LogP contribution in [0, 0.1) is 25.2 Å². The van der Waals surface area contributed by atoms with Crippen molar-refractivity contribution in [2.75, 3.05) is 5.73 Å². The first-order chi connectivity index (χ1) is 9.08. The molecule has 1 heterocycles. The van der Waals surface area contributed by atoms with Crippen LogP contribution in [0.25, 0.3) is 10.4 Å². The van der Waals surface area contributed by atoms with Gasteiger partial charge in [0.1, 0.15) is 10.9 Å². The zero-order chi connectivity index (χ0) is 14.0. The molecular formula is C16H18N2S. The third-order valence-corrected chi connectivity index (χ3v) is 4.47. The van der Waals surface area contributed by atoms with E-state index in [9.17, 15) is 5.26 Å². The van der Waals surface area contributed by atoms with E-state index in [1.807, 2.05) is 0 Å². The summed E-state index contributed by atoms with van der Waals surface area (Å²) in [5, 5.41) is 9.18. The van der Waals surface area contributed by atoms with Gasteiger partial charge in [-0.25, -0.2) is 0 Å². The van der Waals surface area contributed by atoms with Gasteiger partial charge in [-0.1, -0.05) is 37.1 Å². The van der Waals surface area contributed by atoms with Crippen LogP contribution >= 0.6 is 11.3 Å². The van der Waals surface area contributed by atoms with Gasteiger partial charge < -0.3 is 5.73 Å². The van der Waals surface area contributed by atoms with Crippen molar-refractivity contribution in [1.82, 2.24) is 0 Å². The lowest BCUT2D eigenvalue weighted by Crippen LogP contribution is -1.94. The van der Waals surface area contributed by atoms with E-state index >= 15 is 0 Å². The molecule has 0 unspecified atom stereocenters. The molecule has 0 aliphatic heterocycles. The standard InChI is InChI=1S/C16H18N2S/c1-4-5-12-15(18)14(9-17)19-16(12)13-8-10(2)6-7-11(13)3/h6-8H,4-5,18H2,1-3H3. The predicted molar refractivity (Wildman–Crippen MR) is 82.4 cm³/mol. The van der Waals surface area contributed by atoms with Crippen LogP contribution in [0.4, 0.5) is 5.69 Å². The molecule has 2 aromatic rings. The highest BCUT2D eigenvalue weighted by atomic mass is 32.1. The molecule has 0 radical (unpaired) electrons. The maximum Gasteiger partial charge on any atom is 0.128 e. The highest BCUT2D eigenvalue weighted by Gasteiger charge is 2.17. The van der Waals surface area contributed by atoms with Crippen molar-refractivity contribution in [3.05, 3.63) is 39.8 Å². The molecule has 0 spiro atoms. The fourth-order valence-corrected chi connectivity index (χ4v) is 3.41. The van der Waals surface area contributed by atoms with Gasteiger partial charge in [-0.05, 0) is 37.0 Å². The summed E-state index contributed by atoms with van der Waals surface area (Å²) in [6.07, 6.45) is 1.95. The Morgan fingerprint density at radius 1 is 1.32 bits per heavy atom. The number of aryl methyl sites for hydroxylation is 2. The van der Waals surface area contributed by atoms with Gasteiger partial charge in [-0.15, -0.1) is 11.3 Å². The summed E-state index contributed by atoms with van der Waals surface area (Å²) in [6.45, 7) is 6.33. The van der Waals surface area contributed by atoms with Gasteiger partial charge in [-0.2, -0.15) is 5.26 Å². The van der Waals surface area contributed by atoms with Crippen molar-refractivity contribution in [2.45, 2.75) is 33.6 Å². The maximum atomic E-state index is 9.18. The molecule has 0 saturated heterocycles. The molecule has 98 valence electrons. The summed E-state index contributed by atoms with van der Waals surface area (Å²) in [5.41, 5.74) is 11.6. The highest BCUT2D eigenvalue weighted by molar-refractivity contribution is 7.16. The lowest BCUT2D eigenvalue weighted by molar-refractivity contribution is 0.929. The number of hydrogen-bond acceptors (Lipinski definition) is 3. The average Bonchev–Trinajstić information content (AvgIpc) is 2.70. The normalized spacial score (nSPS) is 10.4. The Labute approximate surface area is 118 Å². The van der Waals surface area contributed by atoms with Crippen LogP contribution in [0.5, 0.6) is 0 Å². The van der Waals surface area contributed by atoms with Gasteiger partial charge in [0.15, 0.2) is 0 Å². The smallest absolute Gasteiger partial charge is 0.128 e. The first-order valence-electron chi connectivity index (χ1n) is 6.47. The average molecular weight is 270 g/mol. The Kier molecular flexibility index (Phi) is 3.92. The molecule has 2 N–H and O–H groups in total. The van der Waals surface area contributed by atoms with Gasteiger partial charge in [0.25, 0.3) is 0 Å². The molecule has 3 heteroatoms. The van der Waals surface area contributed by atoms with Gasteiger partial charge in [-0.3, -0.25) is 0 Å². The van der Waals surface area contributed by atoms with E-state index in [0.717, 1.165) is 23.3 Å². The zero-order valence-corrected chi connectivity index (χ0v) is 12.4. The van der Waals surface area contributed by atoms with E-state index in [2.05, 4.69) is 45.0 Å². The van der Waals surface area contributed by atoms with Gasteiger partial charge >= 0.3 is 0 Å². The molecule has 0 saturated carbocycles. The summed E-state index contributed by atoms with van der Waals surface area (Å²) < 4.78 is 0. The van der Waals surface area contributed by atoms with E-state index in [0.29, 0.717) is 10.6 Å². The molecule has 0 bridgehead atoms. The lowest BCUT2D eigenvalue weighted by Gasteiger charge is -2.08. The third kappa shape index (κ3) is 2.50. The van der Waals surface area contributed by atoms with Crippen molar-refractivity contribution >= 4 is 17.0 Å². The minimum Gasteiger partial charge on any atom is -0.397 e. The molecule has 0 aliphatic rings. The molecule has 0 aliphatic carbocycles. The third-order valence-electron chi connectivity index (χ3n) is 3.29. The first-order valence-corrected chi connectivity index (χ1v) is 7.29. The molecule has 1 aromatic heterocycles. The molecular weight excluding hydrogens is 252 g/mol. The van der Waals surface area contributed by atoms with Gasteiger partial charge in [0.2, 0.25) is 0 Å². The lowest BCUT2D eigenvalue weighted by atomic mass is 9.99. The van der Waals surface area contributed by atoms with Crippen LogP contribution < -0.4 is 5.73 Å². The molecule has 2 rings (SSSR count). The van der Waals surface area contributed by atoms with Crippen LogP contribution in [0.15, 0.2) is 18.2 Å². The van der Waals surface area contributed by atoms with Crippen molar-refractivity contribution in [3.63, 3.8) is 0 Å². The quantitative estimate of drug-likeness (QED) is 0.896. The fourth-order valence-electron chi connectivity index (χ4n) is 2.26. The Morgan fingerprint density at radius 2 is 2.05 bits per heavy atom. The minimum absolute atomic E-state index is 0.638. The van der Waals surface area contributed by atoms with E-state index in [-0.39, 0.29) is 0 Å². The second kappa shape index (κ2) is 5.46. The number of nitrogen functional groups attached to an aromatic ring is 1. The second-order valence-electron chi connectivity index (χ2n) is 4.83. The fraction of sp³-hybridized carbons (Fsp3) is 0.312. The number of anilines is 1. The predicted octanol–water partition coefficient (Wildman–Crippen LogP) is 4.44. The van der Waals surface area contributed by atoms with Crippen molar-refractivity contribution < 1.29 is 0 Å². The van der Waals surface area contributed by atoms with E-state index in [1.54, 1.807) is 0 Å². The van der Waals surface area contributed by atoms with Crippen molar-refractivity contribution in [3.8, 4) is 16.5 Å². The number of benzene rings is 1. The van der Waals surface area contributed by atoms with Crippen LogP contribution in [-0.4, -0.2) is 0 Å². The maximum absolute atomic E-state index is 9.18. The van der Waals surface area contributed by atoms with E-state index in [4.69, 9.17) is 5.73 Å². The monoisotopic (exact) mass is 270 g/mol. The largest absolute Gasteiger partial charge is 0.397 e. The Hall–Kier alpha value is -1.79. The number of nitrogens with two attached hydrogens (primary N) is 1. The van der Waals surface area contributed by atoms with Crippen molar-refractivity contribution in [2.24, 2.45) is 0 Å². The highest BCUT2D eigenvalue weighted by Crippen LogP contribution is 2.40. The number of thiophene rings is 1. The summed E-state index contributed by atoms with van der Waals surface area (Å²) in [7, 11) is 0. The van der Waals surface area contributed by atoms with Crippen molar-refractivity contribution in [1.29, 1.82) is 5.26 Å². The molecule has 2 nitrogen and oxygen atoms in total. The van der Waals surface area contributed by atoms with Crippen LogP contribution in [-0.2, 0) is 6.42 Å². The number of hydrogen-bond donors (Lipinski definition) is 1. The Balaban J connectivity index is 2.67.